The smallest absolute Gasteiger partial charge is 0.255 e. The Bertz CT molecular complexity index is 259. The minimum atomic E-state index is -0.910. The highest BCUT2D eigenvalue weighted by Crippen LogP contribution is 2.36. The van der Waals surface area contributed by atoms with Crippen molar-refractivity contribution in [3.05, 3.63) is 0 Å². The molecule has 0 aliphatic carbocycles. The third kappa shape index (κ3) is 2.63. The van der Waals surface area contributed by atoms with Crippen molar-refractivity contribution in [2.45, 2.75) is 30.5 Å². The summed E-state index contributed by atoms with van der Waals surface area (Å²) in [7, 11) is 0. The maximum atomic E-state index is 11.8. The summed E-state index contributed by atoms with van der Waals surface area (Å²) in [5.41, 5.74) is 0.273. The van der Waals surface area contributed by atoms with Crippen LogP contribution in [0.5, 0.6) is 0 Å². The van der Waals surface area contributed by atoms with E-state index in [2.05, 4.69) is 5.32 Å². The third-order valence-corrected chi connectivity index (χ3v) is 4.09. The van der Waals surface area contributed by atoms with Crippen LogP contribution in [0.15, 0.2) is 0 Å². The second-order valence-corrected chi connectivity index (χ2v) is 6.04. The summed E-state index contributed by atoms with van der Waals surface area (Å²) in [5, 5.41) is 3.43. The predicted octanol–water partition coefficient (Wildman–Crippen LogP) is 1.78. The quantitative estimate of drug-likeness (QED) is 0.733. The van der Waals surface area contributed by atoms with Crippen LogP contribution >= 0.6 is 23.2 Å². The van der Waals surface area contributed by atoms with E-state index < -0.39 is 4.84 Å². The van der Waals surface area contributed by atoms with E-state index in [4.69, 9.17) is 23.2 Å². The monoisotopic (exact) mass is 264 g/mol. The number of nitrogens with zero attached hydrogens (tertiary/aromatic N) is 1. The van der Waals surface area contributed by atoms with E-state index >= 15 is 0 Å². The lowest BCUT2D eigenvalue weighted by Gasteiger charge is -2.45. The molecular weight excluding hydrogens is 247 g/mol. The summed E-state index contributed by atoms with van der Waals surface area (Å²) in [5.74, 6) is -0.131. The normalized spacial score (nSPS) is 31.1. The largest absolute Gasteiger partial charge is 0.340 e. The van der Waals surface area contributed by atoms with Crippen LogP contribution in [0.2, 0.25) is 0 Å². The van der Waals surface area contributed by atoms with Crippen molar-refractivity contribution in [2.24, 2.45) is 5.41 Å². The summed E-state index contributed by atoms with van der Waals surface area (Å²) in [4.78, 5) is 12.7. The topological polar surface area (TPSA) is 32.3 Å². The van der Waals surface area contributed by atoms with Crippen molar-refractivity contribution >= 4 is 29.1 Å². The van der Waals surface area contributed by atoms with Crippen molar-refractivity contribution in [3.63, 3.8) is 0 Å². The number of hydrogen-bond donors (Lipinski definition) is 1. The first kappa shape index (κ1) is 12.5. The molecule has 0 radical (unpaired) electrons. The molecule has 0 saturated carbocycles. The molecule has 1 atom stereocenters. The fourth-order valence-corrected chi connectivity index (χ4v) is 3.19. The molecule has 2 heterocycles. The van der Waals surface area contributed by atoms with E-state index in [9.17, 15) is 4.79 Å². The van der Waals surface area contributed by atoms with Gasteiger partial charge in [-0.05, 0) is 32.2 Å². The Morgan fingerprint density at radius 3 is 2.69 bits per heavy atom. The molecule has 2 aliphatic heterocycles. The van der Waals surface area contributed by atoms with Crippen LogP contribution < -0.4 is 5.32 Å². The van der Waals surface area contributed by atoms with Gasteiger partial charge in [0, 0.05) is 25.0 Å². The van der Waals surface area contributed by atoms with Gasteiger partial charge in [0.25, 0.3) is 5.91 Å². The highest BCUT2D eigenvalue weighted by Gasteiger charge is 2.38. The minimum Gasteiger partial charge on any atom is -0.340 e. The van der Waals surface area contributed by atoms with Gasteiger partial charge in [0.2, 0.25) is 0 Å². The summed E-state index contributed by atoms with van der Waals surface area (Å²) in [6.07, 6.45) is 4.68. The molecule has 2 saturated heterocycles. The number of alkyl halides is 2. The van der Waals surface area contributed by atoms with Crippen LogP contribution in [-0.2, 0) is 4.79 Å². The lowest BCUT2D eigenvalue weighted by molar-refractivity contribution is -0.133. The number of hydrogen-bond acceptors (Lipinski definition) is 2. The summed E-state index contributed by atoms with van der Waals surface area (Å²) in [6, 6.07) is 0. The van der Waals surface area contributed by atoms with Crippen LogP contribution in [0.1, 0.15) is 25.7 Å². The van der Waals surface area contributed by atoms with E-state index in [1.165, 1.54) is 19.3 Å². The minimum absolute atomic E-state index is 0.131. The summed E-state index contributed by atoms with van der Waals surface area (Å²) in [6.45, 7) is 3.74. The SMILES string of the molecule is O=C(C(Cl)Cl)N1CCCC2(CCCNC2)C1. The average Bonchev–Trinajstić information content (AvgIpc) is 2.29. The van der Waals surface area contributed by atoms with Gasteiger partial charge in [0.1, 0.15) is 0 Å². The van der Waals surface area contributed by atoms with Gasteiger partial charge in [-0.15, -0.1) is 0 Å². The second kappa shape index (κ2) is 5.11. The predicted molar refractivity (Wildman–Crippen MR) is 65.8 cm³/mol. The number of nitrogens with one attached hydrogen (secondary N) is 1. The van der Waals surface area contributed by atoms with E-state index in [1.54, 1.807) is 0 Å². The first-order chi connectivity index (χ1) is 7.63. The Balaban J connectivity index is 2.00. The van der Waals surface area contributed by atoms with Gasteiger partial charge >= 0.3 is 0 Å². The van der Waals surface area contributed by atoms with Gasteiger partial charge in [0.05, 0.1) is 0 Å². The van der Waals surface area contributed by atoms with Crippen LogP contribution in [0.4, 0.5) is 0 Å². The lowest BCUT2D eigenvalue weighted by Crippen LogP contribution is -2.53. The molecule has 0 aromatic carbocycles. The van der Waals surface area contributed by atoms with Gasteiger partial charge in [-0.25, -0.2) is 0 Å². The molecule has 2 fully saturated rings. The van der Waals surface area contributed by atoms with Crippen LogP contribution in [0.25, 0.3) is 0 Å². The Kier molecular flexibility index (Phi) is 3.98. The number of amides is 1. The molecular formula is C11H18Cl2N2O. The van der Waals surface area contributed by atoms with Crippen molar-refractivity contribution in [1.29, 1.82) is 0 Å². The van der Waals surface area contributed by atoms with E-state index in [0.29, 0.717) is 0 Å². The van der Waals surface area contributed by atoms with Crippen molar-refractivity contribution in [1.82, 2.24) is 10.2 Å². The molecule has 3 nitrogen and oxygen atoms in total. The Morgan fingerprint density at radius 1 is 1.31 bits per heavy atom. The van der Waals surface area contributed by atoms with Crippen molar-refractivity contribution in [2.75, 3.05) is 26.2 Å². The maximum absolute atomic E-state index is 11.8. The lowest BCUT2D eigenvalue weighted by atomic mass is 9.74. The van der Waals surface area contributed by atoms with Crippen LogP contribution in [0, 0.1) is 5.41 Å². The Morgan fingerprint density at radius 2 is 2.06 bits per heavy atom. The Labute approximate surface area is 106 Å². The maximum Gasteiger partial charge on any atom is 0.255 e. The highest BCUT2D eigenvalue weighted by atomic mass is 35.5. The molecule has 0 bridgehead atoms. The molecule has 1 amide bonds. The van der Waals surface area contributed by atoms with Gasteiger partial charge in [-0.2, -0.15) is 0 Å². The second-order valence-electron chi connectivity index (χ2n) is 4.94. The van der Waals surface area contributed by atoms with Gasteiger partial charge < -0.3 is 10.2 Å². The van der Waals surface area contributed by atoms with Gasteiger partial charge in [-0.3, -0.25) is 4.79 Å². The molecule has 2 aliphatic rings. The molecule has 1 spiro atoms. The Hall–Kier alpha value is 0.01000. The zero-order valence-electron chi connectivity index (χ0n) is 9.35. The number of carbonyl (C=O) groups is 1. The van der Waals surface area contributed by atoms with Gasteiger partial charge in [0.15, 0.2) is 4.84 Å². The third-order valence-electron chi connectivity index (χ3n) is 3.72. The van der Waals surface area contributed by atoms with Crippen LogP contribution in [0.3, 0.4) is 0 Å². The van der Waals surface area contributed by atoms with E-state index in [0.717, 1.165) is 32.6 Å². The highest BCUT2D eigenvalue weighted by molar-refractivity contribution is 6.53. The number of likely N-dealkylation sites (tertiary alicyclic amines) is 1. The zero-order valence-corrected chi connectivity index (χ0v) is 10.9. The summed E-state index contributed by atoms with van der Waals surface area (Å²) < 4.78 is 0. The molecule has 1 unspecified atom stereocenters. The number of halogens is 2. The van der Waals surface area contributed by atoms with E-state index in [-0.39, 0.29) is 11.3 Å². The first-order valence-electron chi connectivity index (χ1n) is 5.91. The van der Waals surface area contributed by atoms with Crippen molar-refractivity contribution < 1.29 is 4.79 Å². The average molecular weight is 265 g/mol. The molecule has 0 aromatic heterocycles. The number of carbonyl (C=O) groups excluding carboxylic acids is 1. The molecule has 1 N–H and O–H groups in total. The van der Waals surface area contributed by atoms with Crippen molar-refractivity contribution in [3.8, 4) is 0 Å². The fraction of sp³-hybridized carbons (Fsp3) is 0.909. The molecule has 16 heavy (non-hydrogen) atoms. The molecule has 5 heteroatoms. The summed E-state index contributed by atoms with van der Waals surface area (Å²) >= 11 is 11.3. The first-order valence-corrected chi connectivity index (χ1v) is 6.78. The molecule has 0 aromatic rings. The standard InChI is InChI=1S/C11H18Cl2N2O/c12-9(13)10(16)15-6-2-4-11(8-15)3-1-5-14-7-11/h9,14H,1-8H2. The number of piperidine rings is 2. The van der Waals surface area contributed by atoms with Crippen LogP contribution in [-0.4, -0.2) is 41.8 Å². The molecule has 92 valence electrons. The molecule has 2 rings (SSSR count). The fourth-order valence-electron chi connectivity index (χ4n) is 2.91. The van der Waals surface area contributed by atoms with E-state index in [1.807, 2.05) is 4.90 Å². The van der Waals surface area contributed by atoms with Gasteiger partial charge in [-0.1, -0.05) is 23.2 Å². The zero-order chi connectivity index (χ0) is 11.6. The number of rotatable bonds is 1.